The van der Waals surface area contributed by atoms with Crippen molar-refractivity contribution in [1.29, 1.82) is 0 Å². The summed E-state index contributed by atoms with van der Waals surface area (Å²) < 4.78 is 5.90. The Balaban J connectivity index is 1.16. The fourth-order valence-electron chi connectivity index (χ4n) is 4.50. The van der Waals surface area contributed by atoms with Gasteiger partial charge in [-0.25, -0.2) is 0 Å². The Labute approximate surface area is 174 Å². The molecule has 2 aliphatic rings. The monoisotopic (exact) mass is 392 g/mol. The van der Waals surface area contributed by atoms with Crippen LogP contribution in [0.2, 0.25) is 0 Å². The SMILES string of the molecule is O=C1CCCN1C1CCN(Cc2ccc(OCCCc3ccccc3)cc2)CC1. The molecule has 4 rings (SSSR count). The molecule has 2 aromatic rings. The zero-order chi connectivity index (χ0) is 19.9. The summed E-state index contributed by atoms with van der Waals surface area (Å²) in [4.78, 5) is 16.6. The van der Waals surface area contributed by atoms with Crippen LogP contribution in [-0.2, 0) is 17.8 Å². The number of amides is 1. The molecule has 2 aromatic carbocycles. The molecule has 29 heavy (non-hydrogen) atoms. The van der Waals surface area contributed by atoms with E-state index in [1.807, 2.05) is 0 Å². The maximum Gasteiger partial charge on any atom is 0.222 e. The molecule has 2 fully saturated rings. The Bertz CT molecular complexity index is 767. The highest BCUT2D eigenvalue weighted by molar-refractivity contribution is 5.78. The summed E-state index contributed by atoms with van der Waals surface area (Å²) in [5.74, 6) is 1.32. The van der Waals surface area contributed by atoms with Gasteiger partial charge in [-0.05, 0) is 55.4 Å². The van der Waals surface area contributed by atoms with E-state index in [1.54, 1.807) is 0 Å². The third-order valence-corrected chi connectivity index (χ3v) is 6.16. The predicted molar refractivity (Wildman–Crippen MR) is 116 cm³/mol. The molecule has 0 radical (unpaired) electrons. The number of hydrogen-bond acceptors (Lipinski definition) is 3. The van der Waals surface area contributed by atoms with Crippen molar-refractivity contribution in [2.24, 2.45) is 0 Å². The predicted octanol–water partition coefficient (Wildman–Crippen LogP) is 4.29. The Kier molecular flexibility index (Phi) is 6.83. The molecule has 0 aromatic heterocycles. The van der Waals surface area contributed by atoms with Crippen molar-refractivity contribution in [3.05, 3.63) is 65.7 Å². The molecule has 154 valence electrons. The molecular formula is C25H32N2O2. The molecular weight excluding hydrogens is 360 g/mol. The zero-order valence-electron chi connectivity index (χ0n) is 17.3. The second-order valence-electron chi connectivity index (χ2n) is 8.28. The Morgan fingerprint density at radius 3 is 2.34 bits per heavy atom. The normalized spacial score (nSPS) is 18.3. The van der Waals surface area contributed by atoms with Crippen LogP contribution in [0, 0.1) is 0 Å². The van der Waals surface area contributed by atoms with E-state index in [1.165, 1.54) is 11.1 Å². The molecule has 2 aliphatic heterocycles. The number of carbonyl (C=O) groups excluding carboxylic acids is 1. The van der Waals surface area contributed by atoms with Crippen LogP contribution in [0.15, 0.2) is 54.6 Å². The highest BCUT2D eigenvalue weighted by atomic mass is 16.5. The van der Waals surface area contributed by atoms with E-state index >= 15 is 0 Å². The summed E-state index contributed by atoms with van der Waals surface area (Å²) in [5.41, 5.74) is 2.70. The summed E-state index contributed by atoms with van der Waals surface area (Å²) in [7, 11) is 0. The highest BCUT2D eigenvalue weighted by Gasteiger charge is 2.30. The molecule has 2 saturated heterocycles. The minimum absolute atomic E-state index is 0.364. The second kappa shape index (κ2) is 9.93. The Hall–Kier alpha value is -2.33. The van der Waals surface area contributed by atoms with E-state index in [9.17, 15) is 4.79 Å². The van der Waals surface area contributed by atoms with Crippen molar-refractivity contribution in [1.82, 2.24) is 9.80 Å². The lowest BCUT2D eigenvalue weighted by molar-refractivity contribution is -0.130. The summed E-state index contributed by atoms with van der Waals surface area (Å²) in [6.45, 7) is 4.85. The van der Waals surface area contributed by atoms with Crippen LogP contribution in [0.4, 0.5) is 0 Å². The first-order valence-corrected chi connectivity index (χ1v) is 11.1. The fraction of sp³-hybridized carbons (Fsp3) is 0.480. The average Bonchev–Trinajstić information content (AvgIpc) is 3.19. The summed E-state index contributed by atoms with van der Waals surface area (Å²) >= 11 is 0. The van der Waals surface area contributed by atoms with Crippen LogP contribution >= 0.6 is 0 Å². The molecule has 0 aliphatic carbocycles. The summed E-state index contributed by atoms with van der Waals surface area (Å²) in [6.07, 6.45) is 6.08. The van der Waals surface area contributed by atoms with Gasteiger partial charge in [0.05, 0.1) is 6.61 Å². The standard InChI is InChI=1S/C25H32N2O2/c28-25-9-4-16-27(25)23-14-17-26(18-15-23)20-22-10-12-24(13-11-22)29-19-5-8-21-6-2-1-3-7-21/h1-3,6-7,10-13,23H,4-5,8-9,14-20H2. The second-order valence-corrected chi connectivity index (χ2v) is 8.28. The van der Waals surface area contributed by atoms with Crippen molar-refractivity contribution < 1.29 is 9.53 Å². The number of piperidine rings is 1. The van der Waals surface area contributed by atoms with Gasteiger partial charge in [-0.2, -0.15) is 0 Å². The molecule has 0 spiro atoms. The number of aryl methyl sites for hydroxylation is 1. The van der Waals surface area contributed by atoms with Crippen LogP contribution in [0.1, 0.15) is 43.2 Å². The summed E-state index contributed by atoms with van der Waals surface area (Å²) in [5, 5.41) is 0. The number of benzene rings is 2. The number of likely N-dealkylation sites (tertiary alicyclic amines) is 2. The Morgan fingerprint density at radius 2 is 1.66 bits per heavy atom. The lowest BCUT2D eigenvalue weighted by Gasteiger charge is -2.36. The van der Waals surface area contributed by atoms with Gasteiger partial charge in [0.2, 0.25) is 5.91 Å². The first kappa shape index (κ1) is 20.0. The van der Waals surface area contributed by atoms with Crippen LogP contribution in [0.5, 0.6) is 5.75 Å². The number of ether oxygens (including phenoxy) is 1. The van der Waals surface area contributed by atoms with Crippen LogP contribution in [0.3, 0.4) is 0 Å². The van der Waals surface area contributed by atoms with Gasteiger partial charge in [0.15, 0.2) is 0 Å². The third-order valence-electron chi connectivity index (χ3n) is 6.16. The Morgan fingerprint density at radius 1 is 0.897 bits per heavy atom. The van der Waals surface area contributed by atoms with Crippen molar-refractivity contribution in [3.8, 4) is 5.75 Å². The molecule has 0 atom stereocenters. The molecule has 0 saturated carbocycles. The van der Waals surface area contributed by atoms with Crippen LogP contribution in [0.25, 0.3) is 0 Å². The van der Waals surface area contributed by atoms with Crippen molar-refractivity contribution in [3.63, 3.8) is 0 Å². The highest BCUT2D eigenvalue weighted by Crippen LogP contribution is 2.23. The molecule has 0 bridgehead atoms. The van der Waals surface area contributed by atoms with Crippen LogP contribution < -0.4 is 4.74 Å². The molecule has 1 amide bonds. The van der Waals surface area contributed by atoms with Gasteiger partial charge >= 0.3 is 0 Å². The van der Waals surface area contributed by atoms with Gasteiger partial charge in [-0.1, -0.05) is 42.5 Å². The van der Waals surface area contributed by atoms with Crippen molar-refractivity contribution in [2.75, 3.05) is 26.2 Å². The molecule has 0 unspecified atom stereocenters. The minimum Gasteiger partial charge on any atom is -0.494 e. The van der Waals surface area contributed by atoms with E-state index in [4.69, 9.17) is 4.74 Å². The van der Waals surface area contributed by atoms with E-state index in [0.717, 1.165) is 77.1 Å². The third kappa shape index (κ3) is 5.60. The fourth-order valence-corrected chi connectivity index (χ4v) is 4.50. The lowest BCUT2D eigenvalue weighted by Crippen LogP contribution is -2.45. The van der Waals surface area contributed by atoms with Gasteiger partial charge in [0, 0.05) is 38.6 Å². The van der Waals surface area contributed by atoms with E-state index in [0.29, 0.717) is 11.9 Å². The quantitative estimate of drug-likeness (QED) is 0.629. The first-order chi connectivity index (χ1) is 14.3. The van der Waals surface area contributed by atoms with Gasteiger partial charge in [-0.3, -0.25) is 9.69 Å². The largest absolute Gasteiger partial charge is 0.494 e. The average molecular weight is 393 g/mol. The van der Waals surface area contributed by atoms with E-state index < -0.39 is 0 Å². The van der Waals surface area contributed by atoms with Crippen molar-refractivity contribution >= 4 is 5.91 Å². The number of hydrogen-bond donors (Lipinski definition) is 0. The summed E-state index contributed by atoms with van der Waals surface area (Å²) in [6, 6.07) is 19.6. The molecule has 0 N–H and O–H groups in total. The van der Waals surface area contributed by atoms with E-state index in [2.05, 4.69) is 64.4 Å². The van der Waals surface area contributed by atoms with Gasteiger partial charge in [-0.15, -0.1) is 0 Å². The van der Waals surface area contributed by atoms with Crippen molar-refractivity contribution in [2.45, 2.75) is 51.1 Å². The smallest absolute Gasteiger partial charge is 0.222 e. The van der Waals surface area contributed by atoms with E-state index in [-0.39, 0.29) is 0 Å². The first-order valence-electron chi connectivity index (χ1n) is 11.1. The van der Waals surface area contributed by atoms with Gasteiger partial charge in [0.25, 0.3) is 0 Å². The molecule has 4 heteroatoms. The molecule has 4 nitrogen and oxygen atoms in total. The van der Waals surface area contributed by atoms with Gasteiger partial charge in [0.1, 0.15) is 5.75 Å². The molecule has 2 heterocycles. The number of rotatable bonds is 8. The lowest BCUT2D eigenvalue weighted by atomic mass is 10.0. The van der Waals surface area contributed by atoms with Crippen LogP contribution in [-0.4, -0.2) is 48.0 Å². The number of carbonyl (C=O) groups is 1. The maximum absolute atomic E-state index is 11.9. The van der Waals surface area contributed by atoms with Gasteiger partial charge < -0.3 is 9.64 Å². The topological polar surface area (TPSA) is 32.8 Å². The number of nitrogens with zero attached hydrogens (tertiary/aromatic N) is 2. The maximum atomic E-state index is 11.9. The minimum atomic E-state index is 0.364. The zero-order valence-corrected chi connectivity index (χ0v) is 17.3.